The number of carbonyl (C=O) groups is 6. The molecule has 0 aromatic heterocycles. The molecule has 66 nitrogen and oxygen atoms in total. The molecule has 0 bridgehead atoms. The molecular weight excluding hydrogens is 2030 g/mol. The first-order valence-corrected chi connectivity index (χ1v) is 47.1. The van der Waals surface area contributed by atoms with Crippen LogP contribution in [-0.2, 0) is 143 Å². The van der Waals surface area contributed by atoms with Gasteiger partial charge in [0, 0.05) is 41.0 Å². The van der Waals surface area contributed by atoms with Gasteiger partial charge in [-0.3, -0.25) is 28.5 Å². The minimum absolute atomic E-state index is 0.774. The Morgan fingerprint density at radius 3 is 1.10 bits per heavy atom. The van der Waals surface area contributed by atoms with Gasteiger partial charge in [-0.2, -0.15) is 8.42 Å². The molecule has 844 valence electrons. The summed E-state index contributed by atoms with van der Waals surface area (Å²) in [5.74, 6) is -10.3. The van der Waals surface area contributed by atoms with E-state index in [1.807, 2.05) is 0 Å². The Hall–Kier alpha value is -5.31. The van der Waals surface area contributed by atoms with Crippen molar-refractivity contribution >= 4 is 45.9 Å². The second kappa shape index (κ2) is 51.8. The van der Waals surface area contributed by atoms with Crippen molar-refractivity contribution in [1.29, 1.82) is 0 Å². The summed E-state index contributed by atoms with van der Waals surface area (Å²) in [5, 5.41) is 350. The van der Waals surface area contributed by atoms with Gasteiger partial charge in [0.05, 0.1) is 84.3 Å². The van der Waals surface area contributed by atoms with Crippen molar-refractivity contribution in [2.75, 3.05) is 66.1 Å². The first kappa shape index (κ1) is 121. The van der Waals surface area contributed by atoms with Crippen LogP contribution in [-0.4, -0.2) is 611 Å². The van der Waals surface area contributed by atoms with Crippen molar-refractivity contribution in [1.82, 2.24) is 26.6 Å². The van der Waals surface area contributed by atoms with Gasteiger partial charge in [-0.25, -0.2) is 8.98 Å². The highest BCUT2D eigenvalue weighted by Gasteiger charge is 2.64. The number of carbonyl (C=O) groups excluding carboxylic acids is 5. The highest BCUT2D eigenvalue weighted by atomic mass is 32.3. The van der Waals surface area contributed by atoms with Crippen LogP contribution in [0.15, 0.2) is 0 Å². The fraction of sp³-hybridized carbons (Fsp3) is 0.924. The van der Waals surface area contributed by atoms with Crippen LogP contribution in [0.1, 0.15) is 48.0 Å². The molecule has 0 radical (unpaired) electrons. The van der Waals surface area contributed by atoms with E-state index in [1.54, 1.807) is 0 Å². The van der Waals surface area contributed by atoms with Gasteiger partial charge in [-0.05, 0) is 6.92 Å². The quantitative estimate of drug-likeness (QED) is 0.0253. The Kier molecular flexibility index (Phi) is 42.9. The molecule has 0 spiro atoms. The Labute approximate surface area is 825 Å². The molecule has 146 heavy (non-hydrogen) atoms. The van der Waals surface area contributed by atoms with E-state index < -0.39 is 461 Å². The number of hydrogen-bond acceptors (Lipinski definition) is 59. The third-order valence-electron chi connectivity index (χ3n) is 26.1. The second-order valence-electron chi connectivity index (χ2n) is 36.5. The Balaban J connectivity index is 0.929. The van der Waals surface area contributed by atoms with Gasteiger partial charge in [0.15, 0.2) is 62.9 Å². The van der Waals surface area contributed by atoms with Gasteiger partial charge in [-0.15, -0.1) is 0 Å². The summed E-state index contributed by atoms with van der Waals surface area (Å²) in [6, 6.07) is -10.0. The molecule has 0 saturated carbocycles. The van der Waals surface area contributed by atoms with Crippen molar-refractivity contribution in [3.63, 3.8) is 0 Å². The van der Waals surface area contributed by atoms with E-state index in [-0.39, 0.29) is 0 Å². The van der Waals surface area contributed by atoms with Gasteiger partial charge in [-0.1, -0.05) is 0 Å². The highest BCUT2D eigenvalue weighted by Crippen LogP contribution is 2.43. The lowest BCUT2D eigenvalue weighted by Gasteiger charge is -2.51. The van der Waals surface area contributed by atoms with E-state index in [4.69, 9.17) is 99.5 Å². The third kappa shape index (κ3) is 27.6. The maximum absolute atomic E-state index is 13.4. The fourth-order valence-corrected chi connectivity index (χ4v) is 18.7. The molecule has 11 saturated heterocycles. The number of carboxylic acids is 1. The first-order chi connectivity index (χ1) is 68.6. The van der Waals surface area contributed by atoms with E-state index in [0.717, 1.165) is 34.6 Å². The third-order valence-corrected chi connectivity index (χ3v) is 26.5. The molecule has 11 aliphatic rings. The van der Waals surface area contributed by atoms with E-state index >= 15 is 0 Å². The number of aliphatic hydroxyl groups excluding tert-OH is 29. The van der Waals surface area contributed by atoms with Crippen LogP contribution in [0, 0.1) is 0 Å². The van der Waals surface area contributed by atoms with Gasteiger partial charge in [0.2, 0.25) is 29.5 Å². The number of aliphatic hydroxyl groups is 29. The predicted molar refractivity (Wildman–Crippen MR) is 447 cm³/mol. The van der Waals surface area contributed by atoms with E-state index in [2.05, 4.69) is 30.8 Å². The van der Waals surface area contributed by atoms with Crippen LogP contribution in [0.5, 0.6) is 0 Å². The van der Waals surface area contributed by atoms with Crippen molar-refractivity contribution in [2.45, 2.75) is 391 Å². The van der Waals surface area contributed by atoms with Crippen molar-refractivity contribution < 1.29 is 299 Å². The number of hydrogen-bond donors (Lipinski definition) is 36. The molecule has 11 fully saturated rings. The standard InChI is InChI=1S/C79H131N5O61S/c1-18-40(98)51(109)56(114)72(128-18)124-15-33-62(47(105)36(68(118)129-33)81-20(3)92)138-69-37(82-21(4)93)48(106)61(30(13-90)133-69)140-75-59(117)65(46(104)31(135-75)14-125-76-66(54(112)43(101)27(10-87)131-76)143-70-38(83-22(5)94)49(107)60(29(12-89)134-70)139-73-57(115)52(110)42(100)26(9-86)130-73)142-77-67(55(113)44(102)28(11-88)132-77)144-71-39(84-23(6)95)50(108)63(34(137-71)17-127-146(121,122)123)141-74-58(116)53(111)45(103)32(136-74)16-126-79(78(119)120)7-24(96)35(80-19(2)91)64(145-79)41(99)25(97)8-85/h18,24-77,85-90,96-118H,7-17H2,1-6H3,(H,80,91)(H,81,92)(H,82,93)(H,83,94)(H,84,95)(H,119,120)(H,121,122,123)/t18-,24-,25+,26+,27+,28+,29+,30+,31+,32+,33+,34+,35+,36+,37+,38+,39+,40+,41+,42-,43+,44+,45-,46+,47+,48+,49+,50+,51+,52-,53-,54-,55-,56-,57+,58+,59-,60+,61+,62+,63+,64+,65-,66-,67-,68+,69-,70-,71-,72+,73-,74-,75-,76-,77+,79+/m0/s1. The molecule has 0 aliphatic carbocycles. The van der Waals surface area contributed by atoms with Crippen LogP contribution in [0.3, 0.4) is 0 Å². The molecule has 0 aromatic rings. The Morgan fingerprint density at radius 1 is 0.329 bits per heavy atom. The normalized spacial score (nSPS) is 47.2. The zero-order chi connectivity index (χ0) is 108. The summed E-state index contributed by atoms with van der Waals surface area (Å²) >= 11 is 0. The molecule has 36 N–H and O–H groups in total. The number of nitrogens with one attached hydrogen (secondary N) is 5. The first-order valence-electron chi connectivity index (χ1n) is 45.8. The fourth-order valence-electron chi connectivity index (χ4n) is 18.4. The van der Waals surface area contributed by atoms with E-state index in [9.17, 15) is 195 Å². The summed E-state index contributed by atoms with van der Waals surface area (Å²) in [6.45, 7) is -6.81. The predicted octanol–water partition coefficient (Wildman–Crippen LogP) is -24.2. The second-order valence-corrected chi connectivity index (χ2v) is 37.6. The summed E-state index contributed by atoms with van der Waals surface area (Å²) in [5.41, 5.74) is 0. The summed E-state index contributed by atoms with van der Waals surface area (Å²) in [7, 11) is -5.71. The topological polar surface area (TPSA) is 1030 Å². The zero-order valence-corrected chi connectivity index (χ0v) is 78.9. The lowest BCUT2D eigenvalue weighted by molar-refractivity contribution is -0.399. The molecule has 67 heteroatoms. The number of aliphatic carboxylic acids is 1. The maximum Gasteiger partial charge on any atom is 0.397 e. The van der Waals surface area contributed by atoms with Gasteiger partial charge < -0.3 is 279 Å². The van der Waals surface area contributed by atoms with Gasteiger partial charge in [0.1, 0.15) is 256 Å². The van der Waals surface area contributed by atoms with Crippen LogP contribution >= 0.6 is 0 Å². The summed E-state index contributed by atoms with van der Waals surface area (Å²) < 4.78 is 164. The smallest absolute Gasteiger partial charge is 0.397 e. The minimum atomic E-state index is -5.71. The highest BCUT2D eigenvalue weighted by molar-refractivity contribution is 7.80. The molecular formula is C79H131N5O61S. The lowest BCUT2D eigenvalue weighted by Crippen LogP contribution is -2.71. The maximum atomic E-state index is 13.4. The monoisotopic (exact) mass is 2160 g/mol. The molecule has 0 unspecified atom stereocenters. The molecule has 56 atom stereocenters. The Morgan fingerprint density at radius 2 is 0.658 bits per heavy atom. The van der Waals surface area contributed by atoms with Crippen molar-refractivity contribution in [3.8, 4) is 0 Å². The number of amides is 5. The van der Waals surface area contributed by atoms with Crippen molar-refractivity contribution in [3.05, 3.63) is 0 Å². The zero-order valence-electron chi connectivity index (χ0n) is 78.1. The molecule has 5 amide bonds. The van der Waals surface area contributed by atoms with Gasteiger partial charge in [0.25, 0.3) is 5.79 Å². The minimum Gasteiger partial charge on any atom is -0.477 e. The van der Waals surface area contributed by atoms with Crippen LogP contribution < -0.4 is 26.6 Å². The Bertz CT molecular complexity index is 4300. The number of rotatable bonds is 40. The number of carboxylic acid groups (broad SMARTS) is 1. The molecule has 11 rings (SSSR count). The molecule has 11 aliphatic heterocycles. The van der Waals surface area contributed by atoms with E-state index in [0.29, 0.717) is 0 Å². The van der Waals surface area contributed by atoms with Crippen LogP contribution in [0.2, 0.25) is 0 Å². The van der Waals surface area contributed by atoms with Crippen molar-refractivity contribution in [2.24, 2.45) is 0 Å². The largest absolute Gasteiger partial charge is 0.477 e. The number of ether oxygens (including phenoxy) is 21. The van der Waals surface area contributed by atoms with Gasteiger partial charge >= 0.3 is 16.4 Å². The SMILES string of the molecule is CC(=O)N[C@@H]1[C@@H](O)[C@H](O[C@@H]2O[C@H](CO)[C@@H](O[C@@H]3O[C@H](CO[C@H]4O[C@H](CO)[C@@H](O)[C@H](O)[C@@H]4O[C@@H]4O[C@H](CO)[C@@H](O[C@@H]5O[C@H](CO)[C@H](O)[C@H](O)[C@H]5O)[C@H](O)[C@H]4NC(C)=O)[C@@H](O)[C@H](O[C@H]4O[C@H](CO)[C@@H](O)[C@H](O)[C@@H]4O[C@@H]4O[C@H](COS(=O)(=O)O)[C@@H](O[C@@H]5O[C@H](CO[C@]6(C(=O)O)C[C@H](O)[C@@H](NC(C)=O)[C@H]([C@H](O)[C@H](O)CO)O6)[C@H](O)[C@H](O)[C@H]5O)[C@H](O)[C@H]4NC(C)=O)[C@@H]3O)[C@H](O)[C@H]2NC(C)=O)[C@@H](CO[C@@H]2O[C@@H](C)[C@@H](O)[C@@H](O)[C@@H]2O)O[C@H]1O. The molecule has 11 heterocycles. The van der Waals surface area contributed by atoms with Crippen LogP contribution in [0.4, 0.5) is 0 Å². The average Bonchev–Trinajstić information content (AvgIpc) is 0.758. The van der Waals surface area contributed by atoms with E-state index in [1.165, 1.54) is 6.92 Å². The lowest BCUT2D eigenvalue weighted by atomic mass is 9.88. The summed E-state index contributed by atoms with van der Waals surface area (Å²) in [6.07, 6.45) is -113. The molecule has 0 aromatic carbocycles. The van der Waals surface area contributed by atoms with Crippen LogP contribution in [0.25, 0.3) is 0 Å². The average molecular weight is 2160 g/mol. The summed E-state index contributed by atoms with van der Waals surface area (Å²) in [4.78, 5) is 77.7.